The number of pyridine rings is 1. The van der Waals surface area contributed by atoms with E-state index >= 15 is 0 Å². The van der Waals surface area contributed by atoms with Crippen molar-refractivity contribution >= 4 is 22.4 Å². The Morgan fingerprint density at radius 1 is 1.25 bits per heavy atom. The van der Waals surface area contributed by atoms with Gasteiger partial charge in [-0.3, -0.25) is 4.98 Å². The molecule has 1 saturated heterocycles. The van der Waals surface area contributed by atoms with Crippen molar-refractivity contribution in [1.82, 2.24) is 14.6 Å². The van der Waals surface area contributed by atoms with Crippen LogP contribution in [0.5, 0.6) is 0 Å². The minimum atomic E-state index is -3.63. The van der Waals surface area contributed by atoms with E-state index in [2.05, 4.69) is 10.3 Å². The lowest BCUT2D eigenvalue weighted by Crippen LogP contribution is -2.49. The predicted octanol–water partition coefficient (Wildman–Crippen LogP) is 2.12. The molecular formula is C16H19ClFN3O2S. The highest BCUT2D eigenvalue weighted by Gasteiger charge is 2.33. The predicted molar refractivity (Wildman–Crippen MR) is 92.8 cm³/mol. The van der Waals surface area contributed by atoms with E-state index in [1.54, 1.807) is 30.6 Å². The van der Waals surface area contributed by atoms with Gasteiger partial charge in [0.15, 0.2) is 0 Å². The molecule has 1 aromatic heterocycles. The lowest BCUT2D eigenvalue weighted by Gasteiger charge is -2.35. The molecule has 0 amide bonds. The number of sulfonamides is 1. The first-order valence-electron chi connectivity index (χ1n) is 7.41. The highest BCUT2D eigenvalue weighted by molar-refractivity contribution is 7.88. The van der Waals surface area contributed by atoms with E-state index in [0.29, 0.717) is 19.6 Å². The van der Waals surface area contributed by atoms with Crippen LogP contribution in [0.4, 0.5) is 4.39 Å². The van der Waals surface area contributed by atoms with E-state index < -0.39 is 15.8 Å². The lowest BCUT2D eigenvalue weighted by atomic mass is 10.1. The molecule has 1 N–H and O–H groups in total. The quantitative estimate of drug-likeness (QED) is 0.894. The number of halogens is 2. The van der Waals surface area contributed by atoms with E-state index in [0.717, 1.165) is 5.56 Å². The van der Waals surface area contributed by atoms with E-state index in [-0.39, 0.29) is 29.8 Å². The topological polar surface area (TPSA) is 62.3 Å². The van der Waals surface area contributed by atoms with Gasteiger partial charge >= 0.3 is 0 Å². The van der Waals surface area contributed by atoms with Gasteiger partial charge in [0.2, 0.25) is 10.0 Å². The van der Waals surface area contributed by atoms with E-state index in [4.69, 9.17) is 0 Å². The first-order chi connectivity index (χ1) is 11.1. The maximum absolute atomic E-state index is 13.8. The fourth-order valence-electron chi connectivity index (χ4n) is 2.77. The second-order valence-electron chi connectivity index (χ2n) is 5.46. The third-order valence-electron chi connectivity index (χ3n) is 3.92. The SMILES string of the molecule is Cl.O=S(=O)(Cc1ccccc1F)N1CCNCC1c1cccnc1. The largest absolute Gasteiger partial charge is 0.313 e. The van der Waals surface area contributed by atoms with Gasteiger partial charge in [-0.25, -0.2) is 12.8 Å². The van der Waals surface area contributed by atoms with Crippen molar-refractivity contribution in [1.29, 1.82) is 0 Å². The molecule has 3 rings (SSSR count). The molecule has 130 valence electrons. The summed E-state index contributed by atoms with van der Waals surface area (Å²) in [5, 5.41) is 3.20. The Morgan fingerprint density at radius 2 is 2.04 bits per heavy atom. The van der Waals surface area contributed by atoms with Gasteiger partial charge in [0, 0.05) is 37.6 Å². The van der Waals surface area contributed by atoms with Gasteiger partial charge in [-0.1, -0.05) is 24.3 Å². The molecule has 1 atom stereocenters. The van der Waals surface area contributed by atoms with Crippen LogP contribution in [-0.4, -0.2) is 37.3 Å². The Labute approximate surface area is 147 Å². The first-order valence-corrected chi connectivity index (χ1v) is 9.02. The molecule has 5 nitrogen and oxygen atoms in total. The Kier molecular flexibility index (Phi) is 6.28. The lowest BCUT2D eigenvalue weighted by molar-refractivity contribution is 0.270. The van der Waals surface area contributed by atoms with Gasteiger partial charge < -0.3 is 5.32 Å². The van der Waals surface area contributed by atoms with E-state index in [1.165, 1.54) is 16.4 Å². The van der Waals surface area contributed by atoms with Gasteiger partial charge in [-0.15, -0.1) is 12.4 Å². The normalized spacial score (nSPS) is 18.8. The maximum Gasteiger partial charge on any atom is 0.219 e. The number of rotatable bonds is 4. The third-order valence-corrected chi connectivity index (χ3v) is 5.74. The maximum atomic E-state index is 13.8. The second-order valence-corrected chi connectivity index (χ2v) is 7.39. The van der Waals surface area contributed by atoms with Crippen molar-refractivity contribution in [2.75, 3.05) is 19.6 Å². The van der Waals surface area contributed by atoms with E-state index in [1.807, 2.05) is 6.07 Å². The molecule has 8 heteroatoms. The van der Waals surface area contributed by atoms with Crippen LogP contribution in [0.25, 0.3) is 0 Å². The molecule has 1 aromatic carbocycles. The van der Waals surface area contributed by atoms with Gasteiger partial charge in [-0.2, -0.15) is 4.31 Å². The second kappa shape index (κ2) is 8.02. The fraction of sp³-hybridized carbons (Fsp3) is 0.312. The zero-order valence-corrected chi connectivity index (χ0v) is 14.6. The van der Waals surface area contributed by atoms with Crippen LogP contribution < -0.4 is 5.32 Å². The number of benzene rings is 1. The molecule has 1 fully saturated rings. The van der Waals surface area contributed by atoms with Crippen LogP contribution in [0.1, 0.15) is 17.2 Å². The molecule has 1 aliphatic heterocycles. The fourth-order valence-corrected chi connectivity index (χ4v) is 4.52. The van der Waals surface area contributed by atoms with Crippen molar-refractivity contribution in [3.63, 3.8) is 0 Å². The van der Waals surface area contributed by atoms with Gasteiger partial charge in [-0.05, 0) is 17.7 Å². The average Bonchev–Trinajstić information content (AvgIpc) is 2.58. The number of aromatic nitrogens is 1. The summed E-state index contributed by atoms with van der Waals surface area (Å²) in [7, 11) is -3.63. The zero-order chi connectivity index (χ0) is 16.3. The zero-order valence-electron chi connectivity index (χ0n) is 12.9. The van der Waals surface area contributed by atoms with Gasteiger partial charge in [0.05, 0.1) is 11.8 Å². The average molecular weight is 372 g/mol. The summed E-state index contributed by atoms with van der Waals surface area (Å²) in [6, 6.07) is 9.30. The molecule has 2 aromatic rings. The van der Waals surface area contributed by atoms with Gasteiger partial charge in [0.1, 0.15) is 5.82 Å². The highest BCUT2D eigenvalue weighted by atomic mass is 35.5. The summed E-state index contributed by atoms with van der Waals surface area (Å²) >= 11 is 0. The van der Waals surface area contributed by atoms with Crippen molar-refractivity contribution < 1.29 is 12.8 Å². The minimum absolute atomic E-state index is 0. The number of nitrogens with one attached hydrogen (secondary N) is 1. The number of hydrogen-bond acceptors (Lipinski definition) is 4. The van der Waals surface area contributed by atoms with Crippen molar-refractivity contribution in [2.24, 2.45) is 0 Å². The van der Waals surface area contributed by atoms with Crippen LogP contribution in [0, 0.1) is 5.82 Å². The Morgan fingerprint density at radius 3 is 2.75 bits per heavy atom. The summed E-state index contributed by atoms with van der Waals surface area (Å²) in [5.74, 6) is -0.833. The summed E-state index contributed by atoms with van der Waals surface area (Å²) < 4.78 is 40.9. The number of nitrogens with zero attached hydrogens (tertiary/aromatic N) is 2. The summed E-state index contributed by atoms with van der Waals surface area (Å²) in [4.78, 5) is 4.07. The van der Waals surface area contributed by atoms with Crippen molar-refractivity contribution in [3.05, 3.63) is 65.7 Å². The highest BCUT2D eigenvalue weighted by Crippen LogP contribution is 2.26. The molecular weight excluding hydrogens is 353 g/mol. The van der Waals surface area contributed by atoms with Crippen LogP contribution >= 0.6 is 12.4 Å². The molecule has 2 heterocycles. The van der Waals surface area contributed by atoms with Crippen LogP contribution in [-0.2, 0) is 15.8 Å². The number of hydrogen-bond donors (Lipinski definition) is 1. The summed E-state index contributed by atoms with van der Waals surface area (Å²) in [6.07, 6.45) is 3.32. The summed E-state index contributed by atoms with van der Waals surface area (Å²) in [5.41, 5.74) is 1.02. The minimum Gasteiger partial charge on any atom is -0.313 e. The Balaban J connectivity index is 0.00000208. The molecule has 0 radical (unpaired) electrons. The standard InChI is InChI=1S/C16H18FN3O2S.ClH/c17-15-6-2-1-4-14(15)12-23(21,22)20-9-8-19-11-16(20)13-5-3-7-18-10-13;/h1-7,10,16,19H,8-9,11-12H2;1H. The molecule has 24 heavy (non-hydrogen) atoms. The van der Waals surface area contributed by atoms with Crippen molar-refractivity contribution in [2.45, 2.75) is 11.8 Å². The molecule has 0 aliphatic carbocycles. The summed E-state index contributed by atoms with van der Waals surface area (Å²) in [6.45, 7) is 1.45. The third kappa shape index (κ3) is 4.10. The van der Waals surface area contributed by atoms with E-state index in [9.17, 15) is 12.8 Å². The monoisotopic (exact) mass is 371 g/mol. The molecule has 0 bridgehead atoms. The Hall–Kier alpha value is -1.54. The molecule has 0 saturated carbocycles. The molecule has 1 unspecified atom stereocenters. The smallest absolute Gasteiger partial charge is 0.219 e. The number of piperazine rings is 1. The van der Waals surface area contributed by atoms with Gasteiger partial charge in [0.25, 0.3) is 0 Å². The van der Waals surface area contributed by atoms with Crippen molar-refractivity contribution in [3.8, 4) is 0 Å². The van der Waals surface area contributed by atoms with Crippen LogP contribution in [0.3, 0.4) is 0 Å². The molecule has 1 aliphatic rings. The Bertz CT molecular complexity index is 774. The van der Waals surface area contributed by atoms with Crippen LogP contribution in [0.15, 0.2) is 48.8 Å². The molecule has 0 spiro atoms. The van der Waals surface area contributed by atoms with Crippen LogP contribution in [0.2, 0.25) is 0 Å². The first kappa shape index (κ1) is 18.8.